The molecule has 0 amide bonds. The number of carbonyl (C=O) groups is 1. The van der Waals surface area contributed by atoms with E-state index in [0.29, 0.717) is 5.82 Å². The summed E-state index contributed by atoms with van der Waals surface area (Å²) in [5.41, 5.74) is 0.547. The first-order valence-electron chi connectivity index (χ1n) is 5.33. The molecule has 0 saturated carbocycles. The van der Waals surface area contributed by atoms with Crippen LogP contribution < -0.4 is 0 Å². The van der Waals surface area contributed by atoms with E-state index in [1.807, 2.05) is 0 Å². The molecule has 0 unspecified atom stereocenters. The molecule has 0 aliphatic heterocycles. The number of hydrogen-bond donors (Lipinski definition) is 0. The molecule has 0 aliphatic carbocycles. The van der Waals surface area contributed by atoms with E-state index in [1.165, 1.54) is 24.4 Å². The molecule has 0 atom stereocenters. The highest BCUT2D eigenvalue weighted by Crippen LogP contribution is 2.19. The molecular formula is C13H10ClFN2O. The third-order valence-corrected chi connectivity index (χ3v) is 2.74. The monoisotopic (exact) mass is 264 g/mol. The first kappa shape index (κ1) is 12.6. The molecule has 18 heavy (non-hydrogen) atoms. The maximum atomic E-state index is 13.6. The Morgan fingerprint density at radius 3 is 2.89 bits per heavy atom. The fourth-order valence-electron chi connectivity index (χ4n) is 1.56. The van der Waals surface area contributed by atoms with Gasteiger partial charge in [0.05, 0.1) is 5.02 Å². The Morgan fingerprint density at radius 2 is 2.17 bits per heavy atom. The summed E-state index contributed by atoms with van der Waals surface area (Å²) in [6, 6.07) is 6.10. The predicted octanol–water partition coefficient (Wildman–Crippen LogP) is 3.00. The van der Waals surface area contributed by atoms with Crippen LogP contribution in [0.5, 0.6) is 0 Å². The van der Waals surface area contributed by atoms with Gasteiger partial charge in [-0.15, -0.1) is 0 Å². The van der Waals surface area contributed by atoms with E-state index in [-0.39, 0.29) is 28.5 Å². The van der Waals surface area contributed by atoms with Crippen LogP contribution in [0.15, 0.2) is 30.5 Å². The highest BCUT2D eigenvalue weighted by Gasteiger charge is 2.13. The zero-order valence-corrected chi connectivity index (χ0v) is 10.4. The topological polar surface area (TPSA) is 42.9 Å². The molecule has 92 valence electrons. The number of hydrogen-bond acceptors (Lipinski definition) is 3. The minimum Gasteiger partial charge on any atom is -0.292 e. The van der Waals surface area contributed by atoms with Gasteiger partial charge in [-0.1, -0.05) is 23.7 Å². The van der Waals surface area contributed by atoms with Gasteiger partial charge in [0.25, 0.3) is 0 Å². The first-order chi connectivity index (χ1) is 8.58. The van der Waals surface area contributed by atoms with Crippen LogP contribution in [-0.2, 0) is 6.42 Å². The number of Topliss-reactive ketones (excluding diaryl/α,β-unsaturated/α-hetero) is 1. The third kappa shape index (κ3) is 2.71. The van der Waals surface area contributed by atoms with Crippen LogP contribution in [0.25, 0.3) is 0 Å². The Bertz CT molecular complexity index is 601. The van der Waals surface area contributed by atoms with Gasteiger partial charge in [0.15, 0.2) is 5.78 Å². The second-order valence-corrected chi connectivity index (χ2v) is 4.21. The highest BCUT2D eigenvalue weighted by molar-refractivity contribution is 6.30. The molecule has 2 rings (SSSR count). The average Bonchev–Trinajstić information content (AvgIpc) is 2.35. The highest BCUT2D eigenvalue weighted by atomic mass is 35.5. The number of aromatic nitrogens is 2. The molecular weight excluding hydrogens is 255 g/mol. The number of rotatable bonds is 3. The zero-order chi connectivity index (χ0) is 13.1. The van der Waals surface area contributed by atoms with Crippen molar-refractivity contribution in [1.82, 2.24) is 9.97 Å². The molecule has 2 aromatic rings. The second-order valence-electron chi connectivity index (χ2n) is 3.80. The summed E-state index contributed by atoms with van der Waals surface area (Å²) in [6.45, 7) is 1.69. The molecule has 1 heterocycles. The predicted molar refractivity (Wildman–Crippen MR) is 66.2 cm³/mol. The van der Waals surface area contributed by atoms with Crippen molar-refractivity contribution in [3.05, 3.63) is 58.4 Å². The van der Waals surface area contributed by atoms with Crippen LogP contribution >= 0.6 is 11.6 Å². The Balaban J connectivity index is 2.24. The van der Waals surface area contributed by atoms with Gasteiger partial charge in [-0.3, -0.25) is 4.79 Å². The van der Waals surface area contributed by atoms with Gasteiger partial charge in [-0.25, -0.2) is 14.4 Å². The lowest BCUT2D eigenvalue weighted by molar-refractivity contribution is 0.0986. The van der Waals surface area contributed by atoms with Crippen LogP contribution in [0.1, 0.15) is 21.9 Å². The number of nitrogens with zero attached hydrogens (tertiary/aromatic N) is 2. The van der Waals surface area contributed by atoms with Gasteiger partial charge in [0.2, 0.25) is 0 Å². The maximum absolute atomic E-state index is 13.6. The molecule has 0 spiro atoms. The fraction of sp³-hybridized carbons (Fsp3) is 0.154. The van der Waals surface area contributed by atoms with Crippen molar-refractivity contribution in [2.75, 3.05) is 0 Å². The Labute approximate surface area is 109 Å². The maximum Gasteiger partial charge on any atom is 0.185 e. The van der Waals surface area contributed by atoms with E-state index in [1.54, 1.807) is 13.0 Å². The van der Waals surface area contributed by atoms with Crippen molar-refractivity contribution < 1.29 is 9.18 Å². The van der Waals surface area contributed by atoms with E-state index in [9.17, 15) is 9.18 Å². The van der Waals surface area contributed by atoms with Gasteiger partial charge in [0.1, 0.15) is 17.3 Å². The molecule has 0 aliphatic rings. The summed E-state index contributed by atoms with van der Waals surface area (Å²) in [5.74, 6) is -0.313. The quantitative estimate of drug-likeness (QED) is 0.801. The van der Waals surface area contributed by atoms with Crippen molar-refractivity contribution in [3.8, 4) is 0 Å². The van der Waals surface area contributed by atoms with Crippen LogP contribution in [0.3, 0.4) is 0 Å². The first-order valence-corrected chi connectivity index (χ1v) is 5.71. The van der Waals surface area contributed by atoms with Crippen molar-refractivity contribution in [2.45, 2.75) is 13.3 Å². The lowest BCUT2D eigenvalue weighted by atomic mass is 10.1. The van der Waals surface area contributed by atoms with Crippen molar-refractivity contribution in [3.63, 3.8) is 0 Å². The molecule has 0 radical (unpaired) electrons. The van der Waals surface area contributed by atoms with Gasteiger partial charge in [0, 0.05) is 12.6 Å². The van der Waals surface area contributed by atoms with Crippen molar-refractivity contribution in [1.29, 1.82) is 0 Å². The number of carbonyl (C=O) groups excluding carboxylic acids is 1. The molecule has 1 aromatic carbocycles. The number of aryl methyl sites for hydroxylation is 1. The van der Waals surface area contributed by atoms with Gasteiger partial charge in [-0.2, -0.15) is 0 Å². The van der Waals surface area contributed by atoms with Crippen molar-refractivity contribution in [2.24, 2.45) is 0 Å². The smallest absolute Gasteiger partial charge is 0.185 e. The normalized spacial score (nSPS) is 10.4. The van der Waals surface area contributed by atoms with Gasteiger partial charge in [-0.05, 0) is 24.6 Å². The molecule has 1 aromatic heterocycles. The van der Waals surface area contributed by atoms with Crippen LogP contribution in [0.4, 0.5) is 4.39 Å². The van der Waals surface area contributed by atoms with Crippen LogP contribution in [-0.4, -0.2) is 15.8 Å². The fourth-order valence-corrected chi connectivity index (χ4v) is 1.75. The van der Waals surface area contributed by atoms with Crippen molar-refractivity contribution >= 4 is 17.4 Å². The standard InChI is InChI=1S/C13H10ClFN2O/c1-8-16-6-5-11(17-8)12(18)7-9-3-2-4-10(14)13(9)15/h2-6H,7H2,1H3. The van der Waals surface area contributed by atoms with Crippen LogP contribution in [0.2, 0.25) is 5.02 Å². The van der Waals surface area contributed by atoms with E-state index < -0.39 is 5.82 Å². The Morgan fingerprint density at radius 1 is 1.39 bits per heavy atom. The SMILES string of the molecule is Cc1nccc(C(=O)Cc2cccc(Cl)c2F)n1. The lowest BCUT2D eigenvalue weighted by Gasteiger charge is -2.04. The zero-order valence-electron chi connectivity index (χ0n) is 9.65. The van der Waals surface area contributed by atoms with Crippen LogP contribution in [0, 0.1) is 12.7 Å². The van der Waals surface area contributed by atoms with Gasteiger partial charge >= 0.3 is 0 Å². The molecule has 0 bridgehead atoms. The summed E-state index contributed by atoms with van der Waals surface area (Å²) >= 11 is 5.66. The molecule has 0 fully saturated rings. The average molecular weight is 265 g/mol. The van der Waals surface area contributed by atoms with E-state index in [0.717, 1.165) is 0 Å². The van der Waals surface area contributed by atoms with E-state index in [2.05, 4.69) is 9.97 Å². The molecule has 0 saturated heterocycles. The molecule has 0 N–H and O–H groups in total. The summed E-state index contributed by atoms with van der Waals surface area (Å²) < 4.78 is 13.6. The summed E-state index contributed by atoms with van der Waals surface area (Å²) in [4.78, 5) is 19.8. The molecule has 5 heteroatoms. The Kier molecular flexibility index (Phi) is 3.67. The molecule has 3 nitrogen and oxygen atoms in total. The minimum absolute atomic E-state index is 0.0131. The Hall–Kier alpha value is -1.81. The van der Waals surface area contributed by atoms with E-state index in [4.69, 9.17) is 11.6 Å². The third-order valence-electron chi connectivity index (χ3n) is 2.44. The summed E-state index contributed by atoms with van der Waals surface area (Å²) in [7, 11) is 0. The second kappa shape index (κ2) is 5.23. The minimum atomic E-state index is -0.557. The summed E-state index contributed by atoms with van der Waals surface area (Å²) in [5, 5.41) is 0.0131. The number of ketones is 1. The number of halogens is 2. The number of benzene rings is 1. The lowest BCUT2D eigenvalue weighted by Crippen LogP contribution is -2.08. The van der Waals surface area contributed by atoms with Gasteiger partial charge < -0.3 is 0 Å². The van der Waals surface area contributed by atoms with E-state index >= 15 is 0 Å². The summed E-state index contributed by atoms with van der Waals surface area (Å²) in [6.07, 6.45) is 1.44. The largest absolute Gasteiger partial charge is 0.292 e.